The largest absolute Gasteiger partial charge is 0.465 e. The third-order valence-electron chi connectivity index (χ3n) is 3.43. The van der Waals surface area contributed by atoms with Crippen molar-refractivity contribution in [1.82, 2.24) is 19.7 Å². The summed E-state index contributed by atoms with van der Waals surface area (Å²) >= 11 is 1.64. The van der Waals surface area contributed by atoms with Crippen LogP contribution in [0.4, 0.5) is 0 Å². The van der Waals surface area contributed by atoms with Gasteiger partial charge in [-0.1, -0.05) is 5.16 Å². The first kappa shape index (κ1) is 16.9. The van der Waals surface area contributed by atoms with Crippen molar-refractivity contribution in [3.8, 4) is 11.4 Å². The molecule has 0 fully saturated rings. The molecule has 0 aliphatic heterocycles. The van der Waals surface area contributed by atoms with E-state index in [-0.39, 0.29) is 18.0 Å². The highest BCUT2D eigenvalue weighted by molar-refractivity contribution is 7.98. The van der Waals surface area contributed by atoms with Gasteiger partial charge in [-0.25, -0.2) is 9.78 Å². The van der Waals surface area contributed by atoms with Crippen LogP contribution in [0.3, 0.4) is 0 Å². The Morgan fingerprint density at radius 1 is 1.32 bits per heavy atom. The highest BCUT2D eigenvalue weighted by atomic mass is 32.2. The maximum Gasteiger partial charge on any atom is 0.345 e. The predicted octanol–water partition coefficient (Wildman–Crippen LogP) is 1.85. The number of rotatable bonds is 5. The van der Waals surface area contributed by atoms with Crippen LogP contribution >= 0.6 is 11.8 Å². The van der Waals surface area contributed by atoms with Crippen LogP contribution in [0.2, 0.25) is 0 Å². The normalized spacial score (nSPS) is 10.6. The molecule has 2 aromatic heterocycles. The minimum Gasteiger partial charge on any atom is -0.465 e. The van der Waals surface area contributed by atoms with E-state index in [0.29, 0.717) is 5.82 Å². The molecule has 0 unspecified atom stereocenters. The fraction of sp³-hybridized carbons (Fsp3) is 0.188. The van der Waals surface area contributed by atoms with Gasteiger partial charge in [-0.15, -0.1) is 11.8 Å². The first-order valence-corrected chi connectivity index (χ1v) is 8.44. The van der Waals surface area contributed by atoms with E-state index in [0.717, 1.165) is 16.7 Å². The Hall–Kier alpha value is -2.94. The van der Waals surface area contributed by atoms with E-state index in [4.69, 9.17) is 4.52 Å². The summed E-state index contributed by atoms with van der Waals surface area (Å²) in [6, 6.07) is 7.71. The molecule has 0 saturated heterocycles. The van der Waals surface area contributed by atoms with Gasteiger partial charge in [0.25, 0.3) is 5.56 Å². The summed E-state index contributed by atoms with van der Waals surface area (Å²) in [7, 11) is 1.20. The minimum atomic E-state index is -0.744. The predicted molar refractivity (Wildman–Crippen MR) is 90.5 cm³/mol. The second-order valence-electron chi connectivity index (χ2n) is 4.97. The molecule has 0 radical (unpaired) electrons. The van der Waals surface area contributed by atoms with Crippen molar-refractivity contribution in [2.75, 3.05) is 13.4 Å². The van der Waals surface area contributed by atoms with Crippen LogP contribution in [0, 0.1) is 0 Å². The first-order valence-electron chi connectivity index (χ1n) is 7.22. The summed E-state index contributed by atoms with van der Waals surface area (Å²) in [4.78, 5) is 33.1. The van der Waals surface area contributed by atoms with E-state index in [9.17, 15) is 9.59 Å². The van der Waals surface area contributed by atoms with Crippen molar-refractivity contribution in [2.45, 2.75) is 11.4 Å². The highest BCUT2D eigenvalue weighted by Gasteiger charge is 2.15. The zero-order chi connectivity index (χ0) is 17.8. The Labute approximate surface area is 146 Å². The topological polar surface area (TPSA) is 100 Å². The van der Waals surface area contributed by atoms with Crippen molar-refractivity contribution in [2.24, 2.45) is 0 Å². The van der Waals surface area contributed by atoms with Crippen molar-refractivity contribution >= 4 is 17.7 Å². The second-order valence-corrected chi connectivity index (χ2v) is 5.85. The molecule has 0 bridgehead atoms. The summed E-state index contributed by atoms with van der Waals surface area (Å²) in [6.45, 7) is 0.00651. The van der Waals surface area contributed by atoms with Crippen molar-refractivity contribution in [3.05, 3.63) is 58.6 Å². The molecular weight excluding hydrogens is 344 g/mol. The van der Waals surface area contributed by atoms with Crippen LogP contribution in [-0.2, 0) is 11.3 Å². The summed E-state index contributed by atoms with van der Waals surface area (Å²) in [6.07, 6.45) is 4.46. The number of methoxy groups -OCH3 is 1. The molecule has 1 aromatic carbocycles. The first-order chi connectivity index (χ1) is 12.1. The number of benzene rings is 1. The Morgan fingerprint density at radius 2 is 2.08 bits per heavy atom. The molecular formula is C16H14N4O4S. The lowest BCUT2D eigenvalue weighted by Crippen LogP contribution is -2.27. The number of carbonyl (C=O) groups excluding carboxylic acids is 1. The van der Waals surface area contributed by atoms with Gasteiger partial charge >= 0.3 is 5.97 Å². The van der Waals surface area contributed by atoms with Gasteiger partial charge in [0, 0.05) is 16.7 Å². The Balaban J connectivity index is 1.84. The van der Waals surface area contributed by atoms with Gasteiger partial charge in [-0.3, -0.25) is 9.36 Å². The monoisotopic (exact) mass is 358 g/mol. The summed E-state index contributed by atoms with van der Waals surface area (Å²) in [5, 5.41) is 3.92. The van der Waals surface area contributed by atoms with Crippen LogP contribution in [0.5, 0.6) is 0 Å². The van der Waals surface area contributed by atoms with E-state index in [1.54, 1.807) is 11.8 Å². The number of carbonyl (C=O) groups is 1. The van der Waals surface area contributed by atoms with E-state index >= 15 is 0 Å². The Morgan fingerprint density at radius 3 is 2.76 bits per heavy atom. The van der Waals surface area contributed by atoms with Crippen LogP contribution in [0.1, 0.15) is 16.2 Å². The number of aromatic nitrogens is 4. The Kier molecular flexibility index (Phi) is 4.94. The van der Waals surface area contributed by atoms with Gasteiger partial charge < -0.3 is 9.26 Å². The van der Waals surface area contributed by atoms with Gasteiger partial charge in [0.1, 0.15) is 12.1 Å². The van der Waals surface area contributed by atoms with Crippen LogP contribution in [0.25, 0.3) is 11.4 Å². The standard InChI is InChI=1S/C16H14N4O4S/c1-23-16(22)12-7-17-9-20(15(12)21)8-13-18-14(19-24-13)10-3-5-11(25-2)6-4-10/h3-7,9H,8H2,1-2H3. The van der Waals surface area contributed by atoms with Gasteiger partial charge in [0.15, 0.2) is 0 Å². The number of hydrogen-bond acceptors (Lipinski definition) is 8. The average Bonchev–Trinajstić information content (AvgIpc) is 3.11. The van der Waals surface area contributed by atoms with E-state index in [1.807, 2.05) is 30.5 Å². The molecule has 2 heterocycles. The molecule has 0 amide bonds. The molecule has 9 heteroatoms. The molecule has 3 rings (SSSR count). The molecule has 0 aliphatic carbocycles. The van der Waals surface area contributed by atoms with E-state index in [2.05, 4.69) is 19.9 Å². The summed E-state index contributed by atoms with van der Waals surface area (Å²) in [5.74, 6) is -0.0883. The van der Waals surface area contributed by atoms with Gasteiger partial charge in [-0.05, 0) is 30.5 Å². The lowest BCUT2D eigenvalue weighted by molar-refractivity contribution is 0.0597. The van der Waals surface area contributed by atoms with E-state index < -0.39 is 11.5 Å². The molecule has 8 nitrogen and oxygen atoms in total. The summed E-state index contributed by atoms with van der Waals surface area (Å²) in [5.41, 5.74) is 0.116. The van der Waals surface area contributed by atoms with Crippen LogP contribution in [0.15, 0.2) is 51.0 Å². The molecule has 0 aliphatic rings. The molecule has 3 aromatic rings. The SMILES string of the molecule is COC(=O)c1cncn(Cc2nc(-c3ccc(SC)cc3)no2)c1=O. The summed E-state index contributed by atoms with van der Waals surface area (Å²) < 4.78 is 11.0. The maximum absolute atomic E-state index is 12.3. The van der Waals surface area contributed by atoms with Gasteiger partial charge in [-0.2, -0.15) is 4.98 Å². The minimum absolute atomic E-state index is 0.00651. The molecule has 0 saturated carbocycles. The quantitative estimate of drug-likeness (QED) is 0.503. The van der Waals surface area contributed by atoms with Crippen molar-refractivity contribution < 1.29 is 14.1 Å². The highest BCUT2D eigenvalue weighted by Crippen LogP contribution is 2.20. The number of ether oxygens (including phenoxy) is 1. The average molecular weight is 358 g/mol. The molecule has 128 valence electrons. The Bertz CT molecular complexity index is 949. The van der Waals surface area contributed by atoms with Crippen molar-refractivity contribution in [1.29, 1.82) is 0 Å². The number of thioether (sulfide) groups is 1. The third kappa shape index (κ3) is 3.61. The molecule has 0 atom stereocenters. The van der Waals surface area contributed by atoms with Crippen LogP contribution < -0.4 is 5.56 Å². The number of hydrogen-bond donors (Lipinski definition) is 0. The van der Waals surface area contributed by atoms with Crippen LogP contribution in [-0.4, -0.2) is 39.0 Å². The second kappa shape index (κ2) is 7.31. The van der Waals surface area contributed by atoms with E-state index in [1.165, 1.54) is 18.0 Å². The fourth-order valence-corrected chi connectivity index (χ4v) is 2.54. The van der Waals surface area contributed by atoms with Crippen molar-refractivity contribution in [3.63, 3.8) is 0 Å². The van der Waals surface area contributed by atoms with Gasteiger partial charge in [0.2, 0.25) is 11.7 Å². The number of nitrogens with zero attached hydrogens (tertiary/aromatic N) is 4. The molecule has 0 N–H and O–H groups in total. The third-order valence-corrected chi connectivity index (χ3v) is 4.17. The molecule has 25 heavy (non-hydrogen) atoms. The lowest BCUT2D eigenvalue weighted by atomic mass is 10.2. The fourth-order valence-electron chi connectivity index (χ4n) is 2.14. The zero-order valence-corrected chi connectivity index (χ0v) is 14.3. The maximum atomic E-state index is 12.3. The molecule has 0 spiro atoms. The van der Waals surface area contributed by atoms with Gasteiger partial charge in [0.05, 0.1) is 13.4 Å². The lowest BCUT2D eigenvalue weighted by Gasteiger charge is -2.03. The zero-order valence-electron chi connectivity index (χ0n) is 13.5. The smallest absolute Gasteiger partial charge is 0.345 e. The number of esters is 1.